The molecule has 0 aromatic heterocycles. The van der Waals surface area contributed by atoms with E-state index in [1.165, 1.54) is 122 Å². The second kappa shape index (κ2) is 23.4. The van der Waals surface area contributed by atoms with Gasteiger partial charge in [0, 0.05) is 24.2 Å². The zero-order valence-electron chi connectivity index (χ0n) is 35.0. The third-order valence-electron chi connectivity index (χ3n) is 9.55. The van der Waals surface area contributed by atoms with Crippen LogP contribution in [0.4, 0.5) is 0 Å². The van der Waals surface area contributed by atoms with Gasteiger partial charge in [-0.25, -0.2) is 0 Å². The fraction of sp³-hybridized carbons (Fsp3) is 0.867. The van der Waals surface area contributed by atoms with E-state index in [1.54, 1.807) is 0 Å². The van der Waals surface area contributed by atoms with Crippen LogP contribution in [0.1, 0.15) is 185 Å². The SMILES string of the molecule is C1CCCCCC1.CC(C)(C)C.CC(C)(C)N1CC2CCCC2C1.CC(C)(C)N1CCCCC1.CC(C)C.c1ccc2c(c1)CCCO2. The molecule has 6 rings (SSSR count). The van der Waals surface area contributed by atoms with Crippen LogP contribution < -0.4 is 4.74 Å². The molecule has 2 aliphatic carbocycles. The number of nitrogens with zero attached hydrogens (tertiary/aromatic N) is 2. The number of aryl methyl sites for hydroxylation is 1. The molecule has 1 aromatic rings. The highest BCUT2D eigenvalue weighted by Crippen LogP contribution is 2.40. The van der Waals surface area contributed by atoms with Crippen molar-refractivity contribution in [2.45, 2.75) is 197 Å². The van der Waals surface area contributed by atoms with Crippen molar-refractivity contribution in [2.24, 2.45) is 23.2 Å². The molecule has 0 radical (unpaired) electrons. The summed E-state index contributed by atoms with van der Waals surface area (Å²) in [5.74, 6) is 4.00. The molecule has 0 bridgehead atoms. The van der Waals surface area contributed by atoms with Gasteiger partial charge < -0.3 is 4.74 Å². The maximum Gasteiger partial charge on any atom is 0.122 e. The van der Waals surface area contributed by atoms with E-state index in [0.29, 0.717) is 16.5 Å². The first kappa shape index (κ1) is 45.0. The first-order valence-corrected chi connectivity index (χ1v) is 20.6. The standard InChI is InChI=1S/C11H21N.C9H19N.C9H10O.C7H14.C5H12.C4H10/c1-11(2,3)12-7-9-5-4-6-10(9)8-12;1-9(2,3)10-7-5-4-6-8-10;1-2-6-9-8(4-1)5-3-7-10-9;1-2-4-6-7-5-3-1;1-5(2,3)4;1-4(2)3/h9-10H,4-8H2,1-3H3;4-8H2,1-3H3;1-2,4,6H,3,5,7H2;1-7H2;1-4H3;4H,1-3H3. The summed E-state index contributed by atoms with van der Waals surface area (Å²) in [6.07, 6.45) is 21.6. The molecule has 0 amide bonds. The quantitative estimate of drug-likeness (QED) is 0.256. The molecule has 3 aliphatic heterocycles. The van der Waals surface area contributed by atoms with Crippen molar-refractivity contribution in [1.29, 1.82) is 0 Å². The van der Waals surface area contributed by atoms with Crippen molar-refractivity contribution in [1.82, 2.24) is 9.80 Å². The van der Waals surface area contributed by atoms with Crippen molar-refractivity contribution in [2.75, 3.05) is 32.8 Å². The van der Waals surface area contributed by atoms with Gasteiger partial charge in [-0.15, -0.1) is 0 Å². The van der Waals surface area contributed by atoms with Gasteiger partial charge in [0.25, 0.3) is 0 Å². The predicted molar refractivity (Wildman–Crippen MR) is 216 cm³/mol. The minimum Gasteiger partial charge on any atom is -0.493 e. The Morgan fingerprint density at radius 2 is 0.958 bits per heavy atom. The summed E-state index contributed by atoms with van der Waals surface area (Å²) in [5.41, 5.74) is 2.67. The molecule has 0 spiro atoms. The van der Waals surface area contributed by atoms with Gasteiger partial charge in [0.2, 0.25) is 0 Å². The summed E-state index contributed by atoms with van der Waals surface area (Å²) in [6, 6.07) is 8.25. The first-order chi connectivity index (χ1) is 22.4. The average molecular weight is 671 g/mol. The topological polar surface area (TPSA) is 15.7 Å². The molecule has 2 saturated heterocycles. The summed E-state index contributed by atoms with van der Waals surface area (Å²) < 4.78 is 5.42. The Hall–Kier alpha value is -1.06. The molecule has 3 nitrogen and oxygen atoms in total. The van der Waals surface area contributed by atoms with Gasteiger partial charge >= 0.3 is 0 Å². The molecular weight excluding hydrogens is 585 g/mol. The Kier molecular flexibility index (Phi) is 21.9. The summed E-state index contributed by atoms with van der Waals surface area (Å²) in [5, 5.41) is 0. The van der Waals surface area contributed by atoms with Crippen LogP contribution in [0, 0.1) is 23.2 Å². The van der Waals surface area contributed by atoms with Crippen LogP contribution >= 0.6 is 0 Å². The van der Waals surface area contributed by atoms with E-state index in [-0.39, 0.29) is 0 Å². The van der Waals surface area contributed by atoms with Crippen molar-refractivity contribution in [3.8, 4) is 5.75 Å². The van der Waals surface area contributed by atoms with E-state index < -0.39 is 0 Å². The molecule has 3 heteroatoms. The van der Waals surface area contributed by atoms with Crippen molar-refractivity contribution in [3.63, 3.8) is 0 Å². The molecule has 1 aromatic carbocycles. The lowest BCUT2D eigenvalue weighted by Gasteiger charge is -2.38. The fourth-order valence-electron chi connectivity index (χ4n) is 6.88. The summed E-state index contributed by atoms with van der Waals surface area (Å²) in [6.45, 7) is 35.4. The van der Waals surface area contributed by atoms with Gasteiger partial charge in [0.05, 0.1) is 6.61 Å². The minimum absolute atomic E-state index is 0.403. The van der Waals surface area contributed by atoms with Crippen molar-refractivity contribution < 1.29 is 4.74 Å². The van der Waals surface area contributed by atoms with Crippen molar-refractivity contribution in [3.05, 3.63) is 29.8 Å². The zero-order valence-corrected chi connectivity index (χ0v) is 35.0. The number of para-hydroxylation sites is 1. The highest BCUT2D eigenvalue weighted by molar-refractivity contribution is 5.34. The van der Waals surface area contributed by atoms with E-state index in [1.807, 2.05) is 12.1 Å². The molecule has 0 N–H and O–H groups in total. The second-order valence-corrected chi connectivity index (χ2v) is 19.5. The Morgan fingerprint density at radius 1 is 0.562 bits per heavy atom. The first-order valence-electron chi connectivity index (χ1n) is 20.6. The molecule has 2 saturated carbocycles. The molecular formula is C45H86N2O. The van der Waals surface area contributed by atoms with Crippen LogP contribution in [0.2, 0.25) is 0 Å². The lowest BCUT2D eigenvalue weighted by atomic mass is 10.0. The monoisotopic (exact) mass is 671 g/mol. The Labute approximate surface area is 302 Å². The van der Waals surface area contributed by atoms with E-state index in [2.05, 4.69) is 112 Å². The Balaban J connectivity index is 0.000000299. The van der Waals surface area contributed by atoms with E-state index in [0.717, 1.165) is 36.5 Å². The van der Waals surface area contributed by atoms with Crippen LogP contribution in [0.5, 0.6) is 5.75 Å². The van der Waals surface area contributed by atoms with Crippen LogP contribution in [0.15, 0.2) is 24.3 Å². The third-order valence-corrected chi connectivity index (χ3v) is 9.55. The van der Waals surface area contributed by atoms with Gasteiger partial charge in [-0.05, 0) is 128 Å². The number of rotatable bonds is 0. The maximum absolute atomic E-state index is 5.42. The predicted octanol–water partition coefficient (Wildman–Crippen LogP) is 13.2. The zero-order chi connectivity index (χ0) is 36.2. The minimum atomic E-state index is 0.403. The van der Waals surface area contributed by atoms with Crippen LogP contribution in [0.25, 0.3) is 0 Å². The summed E-state index contributed by atoms with van der Waals surface area (Å²) in [4.78, 5) is 5.25. The maximum atomic E-state index is 5.42. The number of piperidine rings is 1. The number of likely N-dealkylation sites (tertiary alicyclic amines) is 2. The number of hydrogen-bond donors (Lipinski definition) is 0. The van der Waals surface area contributed by atoms with E-state index in [4.69, 9.17) is 4.74 Å². The average Bonchev–Trinajstić information content (AvgIpc) is 3.49. The second-order valence-electron chi connectivity index (χ2n) is 19.5. The molecule has 5 aliphatic rings. The highest BCUT2D eigenvalue weighted by Gasteiger charge is 2.39. The van der Waals surface area contributed by atoms with Gasteiger partial charge in [-0.1, -0.05) is 124 Å². The van der Waals surface area contributed by atoms with E-state index >= 15 is 0 Å². The molecule has 2 atom stereocenters. The summed E-state index contributed by atoms with van der Waals surface area (Å²) in [7, 11) is 0. The molecule has 3 heterocycles. The van der Waals surface area contributed by atoms with Gasteiger partial charge in [-0.3, -0.25) is 9.80 Å². The molecule has 2 unspecified atom stereocenters. The number of ether oxygens (including phenoxy) is 1. The molecule has 282 valence electrons. The molecule has 4 fully saturated rings. The van der Waals surface area contributed by atoms with Gasteiger partial charge in [-0.2, -0.15) is 0 Å². The molecule has 48 heavy (non-hydrogen) atoms. The van der Waals surface area contributed by atoms with E-state index in [9.17, 15) is 0 Å². The Morgan fingerprint density at radius 3 is 1.33 bits per heavy atom. The van der Waals surface area contributed by atoms with Gasteiger partial charge in [0.15, 0.2) is 0 Å². The number of fused-ring (bicyclic) bond motifs is 2. The normalized spacial score (nSPS) is 22.9. The lowest BCUT2D eigenvalue weighted by molar-refractivity contribution is 0.111. The summed E-state index contributed by atoms with van der Waals surface area (Å²) >= 11 is 0. The van der Waals surface area contributed by atoms with Crippen LogP contribution in [-0.2, 0) is 6.42 Å². The van der Waals surface area contributed by atoms with Crippen LogP contribution in [-0.4, -0.2) is 53.7 Å². The fourth-order valence-corrected chi connectivity index (χ4v) is 6.88. The van der Waals surface area contributed by atoms with Gasteiger partial charge in [0.1, 0.15) is 5.75 Å². The number of benzene rings is 1. The largest absolute Gasteiger partial charge is 0.493 e. The van der Waals surface area contributed by atoms with Crippen molar-refractivity contribution >= 4 is 0 Å². The Bertz CT molecular complexity index is 847. The lowest BCUT2D eigenvalue weighted by Crippen LogP contribution is -2.44. The highest BCUT2D eigenvalue weighted by atomic mass is 16.5. The number of hydrogen-bond acceptors (Lipinski definition) is 3. The third kappa shape index (κ3) is 22.6. The smallest absolute Gasteiger partial charge is 0.122 e. The van der Waals surface area contributed by atoms with Crippen LogP contribution in [0.3, 0.4) is 0 Å².